The smallest absolute Gasteiger partial charge is 0.0399 e. The zero-order chi connectivity index (χ0) is 11.6. The third kappa shape index (κ3) is 4.56. The molecule has 0 fully saturated rings. The predicted molar refractivity (Wildman–Crippen MR) is 65.1 cm³/mol. The Labute approximate surface area is 91.3 Å². The van der Waals surface area contributed by atoms with Crippen LogP contribution in [0.1, 0.15) is 41.5 Å². The van der Waals surface area contributed by atoms with Gasteiger partial charge in [0.1, 0.15) is 0 Å². The molecule has 0 saturated carbocycles. The molecule has 0 aliphatic rings. The first kappa shape index (κ1) is 14.1. The van der Waals surface area contributed by atoms with Gasteiger partial charge in [0.25, 0.3) is 0 Å². The highest BCUT2D eigenvalue weighted by molar-refractivity contribution is 7.86. The summed E-state index contributed by atoms with van der Waals surface area (Å²) in [6.07, 6.45) is 0. The van der Waals surface area contributed by atoms with Crippen LogP contribution < -0.4 is 5.32 Å². The molecule has 0 aromatic rings. The Kier molecular flexibility index (Phi) is 4.79. The fourth-order valence-electron chi connectivity index (χ4n) is 1.17. The maximum Gasteiger partial charge on any atom is 0.0399 e. The van der Waals surface area contributed by atoms with Crippen LogP contribution in [-0.2, 0) is 10.8 Å². The fourth-order valence-corrected chi connectivity index (χ4v) is 2.64. The molecule has 0 rings (SSSR count). The lowest BCUT2D eigenvalue weighted by Crippen LogP contribution is -2.44. The van der Waals surface area contributed by atoms with E-state index in [1.165, 1.54) is 0 Å². The largest absolute Gasteiger partial charge is 0.316 e. The van der Waals surface area contributed by atoms with Crippen LogP contribution in [0, 0.1) is 5.41 Å². The van der Waals surface area contributed by atoms with Crippen molar-refractivity contribution in [2.45, 2.75) is 52.3 Å². The van der Waals surface area contributed by atoms with Gasteiger partial charge in [0.15, 0.2) is 0 Å². The first-order chi connectivity index (χ1) is 6.09. The van der Waals surface area contributed by atoms with Gasteiger partial charge in [0.05, 0.1) is 0 Å². The number of rotatable bonds is 3. The first-order valence-corrected chi connectivity index (χ1v) is 6.46. The molecule has 0 spiro atoms. The number of nitrogens with one attached hydrogen (secondary N) is 1. The highest BCUT2D eigenvalue weighted by Gasteiger charge is 2.29. The summed E-state index contributed by atoms with van der Waals surface area (Å²) in [5, 5.41) is 3.25. The fraction of sp³-hybridized carbons (Fsp3) is 1.00. The van der Waals surface area contributed by atoms with Crippen LogP contribution >= 0.6 is 0 Å². The molecule has 86 valence electrons. The molecule has 0 bridgehead atoms. The molecule has 0 aliphatic heterocycles. The van der Waals surface area contributed by atoms with E-state index in [9.17, 15) is 4.21 Å². The van der Waals surface area contributed by atoms with E-state index in [0.29, 0.717) is 6.04 Å². The van der Waals surface area contributed by atoms with Crippen molar-refractivity contribution in [1.29, 1.82) is 0 Å². The van der Waals surface area contributed by atoms with Crippen LogP contribution in [0.2, 0.25) is 0 Å². The van der Waals surface area contributed by atoms with E-state index in [-0.39, 0.29) is 10.2 Å². The van der Waals surface area contributed by atoms with Crippen LogP contribution in [-0.4, -0.2) is 27.8 Å². The van der Waals surface area contributed by atoms with Crippen LogP contribution in [0.15, 0.2) is 0 Å². The van der Waals surface area contributed by atoms with Crippen molar-refractivity contribution in [3.63, 3.8) is 0 Å². The quantitative estimate of drug-likeness (QED) is 0.788. The number of hydrogen-bond donors (Lipinski definition) is 1. The molecule has 0 amide bonds. The SMILES string of the molecule is CNC(CS(=O)C(C)(C)C)C(C)(C)C. The summed E-state index contributed by atoms with van der Waals surface area (Å²) in [6.45, 7) is 12.6. The van der Waals surface area contributed by atoms with Crippen molar-refractivity contribution in [2.75, 3.05) is 12.8 Å². The molecule has 2 atom stereocenters. The normalized spacial score (nSPS) is 17.9. The van der Waals surface area contributed by atoms with E-state index in [4.69, 9.17) is 0 Å². The van der Waals surface area contributed by atoms with Crippen LogP contribution in [0.4, 0.5) is 0 Å². The lowest BCUT2D eigenvalue weighted by molar-refractivity contribution is 0.303. The summed E-state index contributed by atoms with van der Waals surface area (Å²) in [4.78, 5) is 0. The zero-order valence-electron chi connectivity index (χ0n) is 10.6. The number of hydrogen-bond acceptors (Lipinski definition) is 2. The molecule has 0 aromatic heterocycles. The second kappa shape index (κ2) is 4.75. The van der Waals surface area contributed by atoms with Crippen molar-refractivity contribution in [2.24, 2.45) is 5.41 Å². The van der Waals surface area contributed by atoms with Crippen molar-refractivity contribution < 1.29 is 4.21 Å². The molecule has 0 aliphatic carbocycles. The maximum absolute atomic E-state index is 12.0. The van der Waals surface area contributed by atoms with E-state index in [2.05, 4.69) is 26.1 Å². The Balaban J connectivity index is 4.43. The van der Waals surface area contributed by atoms with Crippen molar-refractivity contribution in [1.82, 2.24) is 5.32 Å². The van der Waals surface area contributed by atoms with Gasteiger partial charge in [0, 0.05) is 27.3 Å². The Morgan fingerprint density at radius 1 is 1.14 bits per heavy atom. The van der Waals surface area contributed by atoms with E-state index >= 15 is 0 Å². The van der Waals surface area contributed by atoms with E-state index in [0.717, 1.165) is 5.75 Å². The lowest BCUT2D eigenvalue weighted by Gasteiger charge is -2.32. The van der Waals surface area contributed by atoms with E-state index in [1.807, 2.05) is 27.8 Å². The summed E-state index contributed by atoms with van der Waals surface area (Å²) in [7, 11) is 1.16. The highest BCUT2D eigenvalue weighted by atomic mass is 32.2. The van der Waals surface area contributed by atoms with Gasteiger partial charge < -0.3 is 5.32 Å². The third-order valence-corrected chi connectivity index (χ3v) is 4.40. The second-order valence-electron chi connectivity index (χ2n) is 5.83. The topological polar surface area (TPSA) is 29.1 Å². The second-order valence-corrected chi connectivity index (χ2v) is 8.08. The molecular weight excluding hydrogens is 194 g/mol. The molecular formula is C11H25NOS. The Morgan fingerprint density at radius 3 is 1.79 bits per heavy atom. The summed E-state index contributed by atoms with van der Waals surface area (Å²) in [6, 6.07) is 0.308. The minimum atomic E-state index is -0.776. The summed E-state index contributed by atoms with van der Waals surface area (Å²) in [5.74, 6) is 0.726. The molecule has 1 N–H and O–H groups in total. The monoisotopic (exact) mass is 219 g/mol. The molecule has 3 heteroatoms. The molecule has 2 nitrogen and oxygen atoms in total. The minimum Gasteiger partial charge on any atom is -0.316 e. The van der Waals surface area contributed by atoms with Crippen LogP contribution in [0.5, 0.6) is 0 Å². The molecule has 14 heavy (non-hydrogen) atoms. The predicted octanol–water partition coefficient (Wildman–Crippen LogP) is 2.17. The Bertz CT molecular complexity index is 200. The van der Waals surface area contributed by atoms with E-state index < -0.39 is 10.8 Å². The maximum atomic E-state index is 12.0. The lowest BCUT2D eigenvalue weighted by atomic mass is 9.88. The van der Waals surface area contributed by atoms with Crippen molar-refractivity contribution >= 4 is 10.8 Å². The zero-order valence-corrected chi connectivity index (χ0v) is 11.4. The molecule has 0 radical (unpaired) electrons. The minimum absolute atomic E-state index is 0.111. The molecule has 2 unspecified atom stereocenters. The van der Waals surface area contributed by atoms with Gasteiger partial charge in [-0.2, -0.15) is 0 Å². The third-order valence-electron chi connectivity index (χ3n) is 2.39. The summed E-state index contributed by atoms with van der Waals surface area (Å²) in [5.41, 5.74) is 0.162. The van der Waals surface area contributed by atoms with Crippen LogP contribution in [0.25, 0.3) is 0 Å². The average molecular weight is 219 g/mol. The molecule has 0 aromatic carbocycles. The molecule has 0 heterocycles. The van der Waals surface area contributed by atoms with Crippen LogP contribution in [0.3, 0.4) is 0 Å². The average Bonchev–Trinajstić information content (AvgIpc) is 1.95. The van der Waals surface area contributed by atoms with Gasteiger partial charge in [-0.1, -0.05) is 20.8 Å². The molecule has 0 saturated heterocycles. The first-order valence-electron chi connectivity index (χ1n) is 5.15. The van der Waals surface area contributed by atoms with Crippen molar-refractivity contribution in [3.05, 3.63) is 0 Å². The van der Waals surface area contributed by atoms with Gasteiger partial charge in [-0.25, -0.2) is 0 Å². The van der Waals surface area contributed by atoms with Gasteiger partial charge in [0.2, 0.25) is 0 Å². The highest BCUT2D eigenvalue weighted by Crippen LogP contribution is 2.22. The Hall–Kier alpha value is 0.110. The van der Waals surface area contributed by atoms with E-state index in [1.54, 1.807) is 0 Å². The van der Waals surface area contributed by atoms with Gasteiger partial charge >= 0.3 is 0 Å². The van der Waals surface area contributed by atoms with Gasteiger partial charge in [-0.3, -0.25) is 4.21 Å². The summed E-state index contributed by atoms with van der Waals surface area (Å²) < 4.78 is 11.8. The van der Waals surface area contributed by atoms with Gasteiger partial charge in [-0.05, 0) is 33.2 Å². The standard InChI is InChI=1S/C11H25NOS/c1-10(2,3)9(12-7)8-14(13)11(4,5)6/h9,12H,8H2,1-7H3. The van der Waals surface area contributed by atoms with Crippen molar-refractivity contribution in [3.8, 4) is 0 Å². The summed E-state index contributed by atoms with van der Waals surface area (Å²) >= 11 is 0. The van der Waals surface area contributed by atoms with Gasteiger partial charge in [-0.15, -0.1) is 0 Å². The Morgan fingerprint density at radius 2 is 1.57 bits per heavy atom.